The molecular formula is C22H23NO5. The van der Waals surface area contributed by atoms with Gasteiger partial charge in [0.05, 0.1) is 32.8 Å². The smallest absolute Gasteiger partial charge is 0.409 e. The highest BCUT2D eigenvalue weighted by atomic mass is 16.6. The number of benzene rings is 2. The first-order chi connectivity index (χ1) is 13.7. The second-order valence-electron chi connectivity index (χ2n) is 7.02. The number of carbonyl (C=O) groups excluding carboxylic acids is 2. The Morgan fingerprint density at radius 1 is 1.07 bits per heavy atom. The van der Waals surface area contributed by atoms with Crippen LogP contribution in [0.25, 0.3) is 11.1 Å². The second kappa shape index (κ2) is 8.02. The van der Waals surface area contributed by atoms with Crippen LogP contribution in [0.4, 0.5) is 4.79 Å². The fourth-order valence-corrected chi connectivity index (χ4v) is 3.96. The maximum Gasteiger partial charge on any atom is 0.409 e. The maximum absolute atomic E-state index is 12.6. The van der Waals surface area contributed by atoms with Crippen LogP contribution in [-0.2, 0) is 19.0 Å². The van der Waals surface area contributed by atoms with Gasteiger partial charge in [-0.3, -0.25) is 4.79 Å². The molecule has 1 amide bonds. The number of nitrogens with zero attached hydrogens (tertiary/aromatic N) is 1. The zero-order valence-corrected chi connectivity index (χ0v) is 15.8. The molecule has 0 radical (unpaired) electrons. The van der Waals surface area contributed by atoms with E-state index in [9.17, 15) is 9.59 Å². The molecule has 0 spiro atoms. The van der Waals surface area contributed by atoms with Crippen molar-refractivity contribution in [1.82, 2.24) is 4.90 Å². The summed E-state index contributed by atoms with van der Waals surface area (Å²) in [5.74, 6) is -0.317. The lowest BCUT2D eigenvalue weighted by Crippen LogP contribution is -2.46. The van der Waals surface area contributed by atoms with Gasteiger partial charge < -0.3 is 19.1 Å². The van der Waals surface area contributed by atoms with E-state index in [1.54, 1.807) is 4.90 Å². The van der Waals surface area contributed by atoms with E-state index in [1.807, 2.05) is 24.3 Å². The summed E-state index contributed by atoms with van der Waals surface area (Å²) < 4.78 is 15.9. The van der Waals surface area contributed by atoms with Crippen LogP contribution in [0, 0.1) is 0 Å². The molecule has 1 saturated heterocycles. The fourth-order valence-electron chi connectivity index (χ4n) is 3.96. The van der Waals surface area contributed by atoms with Gasteiger partial charge in [0.15, 0.2) is 0 Å². The summed E-state index contributed by atoms with van der Waals surface area (Å²) in [6.07, 6.45) is -0.606. The van der Waals surface area contributed by atoms with Gasteiger partial charge in [-0.15, -0.1) is 0 Å². The predicted octanol–water partition coefficient (Wildman–Crippen LogP) is 3.20. The first kappa shape index (κ1) is 18.5. The normalized spacial score (nSPS) is 18.3. The first-order valence-corrected chi connectivity index (χ1v) is 9.45. The lowest BCUT2D eigenvalue weighted by atomic mass is 9.98. The molecule has 0 saturated carbocycles. The second-order valence-corrected chi connectivity index (χ2v) is 7.02. The Labute approximate surface area is 164 Å². The van der Waals surface area contributed by atoms with Crippen molar-refractivity contribution >= 4 is 12.1 Å². The zero-order valence-electron chi connectivity index (χ0n) is 15.8. The average molecular weight is 381 g/mol. The van der Waals surface area contributed by atoms with E-state index in [4.69, 9.17) is 9.47 Å². The van der Waals surface area contributed by atoms with Crippen molar-refractivity contribution in [2.24, 2.45) is 0 Å². The van der Waals surface area contributed by atoms with Gasteiger partial charge in [0.25, 0.3) is 0 Å². The molecule has 2 aromatic rings. The van der Waals surface area contributed by atoms with E-state index in [-0.39, 0.29) is 37.1 Å². The number of esters is 1. The molecular weight excluding hydrogens is 358 g/mol. The van der Waals surface area contributed by atoms with E-state index in [2.05, 4.69) is 29.0 Å². The van der Waals surface area contributed by atoms with Gasteiger partial charge in [-0.25, -0.2) is 4.79 Å². The lowest BCUT2D eigenvalue weighted by molar-refractivity contribution is -0.145. The number of ether oxygens (including phenoxy) is 3. The molecule has 0 aromatic heterocycles. The highest BCUT2D eigenvalue weighted by Gasteiger charge is 2.31. The number of rotatable bonds is 4. The van der Waals surface area contributed by atoms with Crippen LogP contribution < -0.4 is 0 Å². The Kier molecular flexibility index (Phi) is 5.30. The summed E-state index contributed by atoms with van der Waals surface area (Å²) in [7, 11) is 1.34. The number of hydrogen-bond acceptors (Lipinski definition) is 5. The molecule has 1 unspecified atom stereocenters. The van der Waals surface area contributed by atoms with E-state index < -0.39 is 0 Å². The summed E-state index contributed by atoms with van der Waals surface area (Å²) in [5, 5.41) is 0. The quantitative estimate of drug-likeness (QED) is 0.761. The summed E-state index contributed by atoms with van der Waals surface area (Å²) in [6.45, 7) is 1.44. The molecule has 146 valence electrons. The topological polar surface area (TPSA) is 65.1 Å². The number of morpholine rings is 1. The molecule has 2 aliphatic rings. The highest BCUT2D eigenvalue weighted by molar-refractivity contribution is 5.79. The third-order valence-electron chi connectivity index (χ3n) is 5.36. The molecule has 6 nitrogen and oxygen atoms in total. The largest absolute Gasteiger partial charge is 0.469 e. The van der Waals surface area contributed by atoms with Crippen LogP contribution in [0.2, 0.25) is 0 Å². The van der Waals surface area contributed by atoms with Crippen molar-refractivity contribution in [2.45, 2.75) is 18.4 Å². The average Bonchev–Trinajstić information content (AvgIpc) is 3.06. The molecule has 1 heterocycles. The summed E-state index contributed by atoms with van der Waals surface area (Å²) >= 11 is 0. The summed E-state index contributed by atoms with van der Waals surface area (Å²) in [6, 6.07) is 16.5. The number of amides is 1. The molecule has 0 N–H and O–H groups in total. The van der Waals surface area contributed by atoms with Crippen LogP contribution in [0.15, 0.2) is 48.5 Å². The van der Waals surface area contributed by atoms with Crippen molar-refractivity contribution in [3.63, 3.8) is 0 Å². The molecule has 1 aliphatic heterocycles. The minimum Gasteiger partial charge on any atom is -0.469 e. The Bertz CT molecular complexity index is 835. The molecule has 4 rings (SSSR count). The van der Waals surface area contributed by atoms with Gasteiger partial charge in [0, 0.05) is 12.5 Å². The van der Waals surface area contributed by atoms with Gasteiger partial charge in [-0.2, -0.15) is 0 Å². The lowest BCUT2D eigenvalue weighted by Gasteiger charge is -2.32. The maximum atomic E-state index is 12.6. The van der Waals surface area contributed by atoms with Crippen LogP contribution in [-0.4, -0.2) is 56.5 Å². The third kappa shape index (κ3) is 3.60. The first-order valence-electron chi connectivity index (χ1n) is 9.45. The van der Waals surface area contributed by atoms with Crippen LogP contribution >= 0.6 is 0 Å². The molecule has 2 aromatic carbocycles. The van der Waals surface area contributed by atoms with E-state index >= 15 is 0 Å². The van der Waals surface area contributed by atoms with Crippen molar-refractivity contribution in [3.8, 4) is 11.1 Å². The Balaban J connectivity index is 1.42. The summed E-state index contributed by atoms with van der Waals surface area (Å²) in [4.78, 5) is 25.7. The molecule has 0 bridgehead atoms. The van der Waals surface area contributed by atoms with Crippen LogP contribution in [0.5, 0.6) is 0 Å². The predicted molar refractivity (Wildman–Crippen MR) is 103 cm³/mol. The molecule has 1 fully saturated rings. The van der Waals surface area contributed by atoms with Crippen molar-refractivity contribution in [1.29, 1.82) is 0 Å². The molecule has 28 heavy (non-hydrogen) atoms. The third-order valence-corrected chi connectivity index (χ3v) is 5.36. The monoisotopic (exact) mass is 381 g/mol. The molecule has 6 heteroatoms. The number of hydrogen-bond donors (Lipinski definition) is 0. The van der Waals surface area contributed by atoms with Crippen molar-refractivity contribution < 1.29 is 23.8 Å². The van der Waals surface area contributed by atoms with Crippen LogP contribution in [0.3, 0.4) is 0 Å². The Hall–Kier alpha value is -2.86. The van der Waals surface area contributed by atoms with Gasteiger partial charge in [0.2, 0.25) is 0 Å². The molecule has 1 aliphatic carbocycles. The van der Waals surface area contributed by atoms with E-state index in [0.29, 0.717) is 19.7 Å². The highest BCUT2D eigenvalue weighted by Crippen LogP contribution is 2.44. The van der Waals surface area contributed by atoms with Gasteiger partial charge in [-0.1, -0.05) is 48.5 Å². The fraction of sp³-hybridized carbons (Fsp3) is 0.364. The number of fused-ring (bicyclic) bond motifs is 3. The SMILES string of the molecule is COC(=O)CC1CN(C(=O)OCC2c3ccccc3-c3ccccc32)CCO1. The van der Waals surface area contributed by atoms with Gasteiger partial charge >= 0.3 is 12.1 Å². The summed E-state index contributed by atoms with van der Waals surface area (Å²) in [5.41, 5.74) is 4.76. The molecule has 1 atom stereocenters. The van der Waals surface area contributed by atoms with Crippen LogP contribution in [0.1, 0.15) is 23.5 Å². The van der Waals surface area contributed by atoms with Gasteiger partial charge in [0.1, 0.15) is 6.61 Å². The Morgan fingerprint density at radius 2 is 1.71 bits per heavy atom. The van der Waals surface area contributed by atoms with Gasteiger partial charge in [-0.05, 0) is 22.3 Å². The Morgan fingerprint density at radius 3 is 2.36 bits per heavy atom. The van der Waals surface area contributed by atoms with E-state index in [1.165, 1.54) is 29.4 Å². The number of methoxy groups -OCH3 is 1. The van der Waals surface area contributed by atoms with Crippen molar-refractivity contribution in [2.75, 3.05) is 33.4 Å². The number of carbonyl (C=O) groups is 2. The van der Waals surface area contributed by atoms with Crippen molar-refractivity contribution in [3.05, 3.63) is 59.7 Å². The minimum absolute atomic E-state index is 0.0308. The van der Waals surface area contributed by atoms with E-state index in [0.717, 1.165) is 0 Å². The minimum atomic E-state index is -0.375. The standard InChI is InChI=1S/C22H23NO5/c1-26-21(24)12-15-13-23(10-11-27-15)22(25)28-14-20-18-8-4-2-6-16(18)17-7-3-5-9-19(17)20/h2-9,15,20H,10-14H2,1H3. The zero-order chi connectivity index (χ0) is 19.5.